The summed E-state index contributed by atoms with van der Waals surface area (Å²) in [6.07, 6.45) is -11.2. The van der Waals surface area contributed by atoms with Crippen molar-refractivity contribution in [2.45, 2.75) is 30.9 Å². The van der Waals surface area contributed by atoms with Crippen molar-refractivity contribution < 1.29 is 31.4 Å². The van der Waals surface area contributed by atoms with Gasteiger partial charge >= 0.3 is 12.4 Å². The molecular weight excluding hydrogens is 401 g/mol. The number of aromatic nitrogens is 2. The molecule has 0 radical (unpaired) electrons. The molecule has 5 nitrogen and oxygen atoms in total. The molecule has 0 saturated carbocycles. The van der Waals surface area contributed by atoms with Crippen LogP contribution in [0, 0.1) is 0 Å². The predicted octanol–water partition coefficient (Wildman–Crippen LogP) is 2.43. The fraction of sp³-hybridized carbons (Fsp3) is 0.667. The van der Waals surface area contributed by atoms with Crippen LogP contribution in [0.3, 0.4) is 0 Å². The van der Waals surface area contributed by atoms with Gasteiger partial charge < -0.3 is 15.3 Å². The van der Waals surface area contributed by atoms with Gasteiger partial charge in [0, 0.05) is 43.6 Å². The molecule has 1 saturated heterocycles. The van der Waals surface area contributed by atoms with Crippen LogP contribution in [0.25, 0.3) is 0 Å². The predicted molar refractivity (Wildman–Crippen MR) is 82.2 cm³/mol. The van der Waals surface area contributed by atoms with Gasteiger partial charge in [-0.1, -0.05) is 0 Å². The summed E-state index contributed by atoms with van der Waals surface area (Å²) in [7, 11) is 0. The smallest absolute Gasteiger partial charge is 0.369 e. The Morgan fingerprint density at radius 1 is 1.08 bits per heavy atom. The number of nitrogens with zero attached hydrogens (tertiary/aromatic N) is 3. The van der Waals surface area contributed by atoms with Crippen molar-refractivity contribution in [3.63, 3.8) is 0 Å². The summed E-state index contributed by atoms with van der Waals surface area (Å²) >= 11 is 0. The fourth-order valence-corrected chi connectivity index (χ4v) is 2.28. The van der Waals surface area contributed by atoms with Crippen molar-refractivity contribution >= 4 is 30.8 Å². The summed E-state index contributed by atoms with van der Waals surface area (Å²) in [5, 5.41) is 12.3. The number of hydrogen-bond donors (Lipinski definition) is 2. The lowest BCUT2D eigenvalue weighted by atomic mass is 9.95. The second-order valence-corrected chi connectivity index (χ2v) is 5.22. The van der Waals surface area contributed by atoms with Crippen LogP contribution in [0.5, 0.6) is 0 Å². The quantitative estimate of drug-likeness (QED) is 0.725. The number of piperazine rings is 1. The maximum atomic E-state index is 12.8. The molecule has 146 valence electrons. The van der Waals surface area contributed by atoms with Crippen LogP contribution in [0.1, 0.15) is 12.5 Å². The molecule has 0 aromatic carbocycles. The van der Waals surface area contributed by atoms with Gasteiger partial charge in [0.15, 0.2) is 0 Å². The van der Waals surface area contributed by atoms with Crippen LogP contribution >= 0.6 is 24.8 Å². The van der Waals surface area contributed by atoms with E-state index in [4.69, 9.17) is 0 Å². The highest BCUT2D eigenvalue weighted by Gasteiger charge is 2.71. The summed E-state index contributed by atoms with van der Waals surface area (Å²) in [4.78, 5) is 8.80. The number of anilines is 1. The molecule has 0 unspecified atom stereocenters. The summed E-state index contributed by atoms with van der Waals surface area (Å²) < 4.78 is 76.6. The van der Waals surface area contributed by atoms with Crippen molar-refractivity contribution in [3.05, 3.63) is 18.0 Å². The van der Waals surface area contributed by atoms with Gasteiger partial charge in [0.05, 0.1) is 0 Å². The maximum absolute atomic E-state index is 12.8. The molecule has 1 aromatic heterocycles. The van der Waals surface area contributed by atoms with Crippen LogP contribution in [0.2, 0.25) is 0 Å². The van der Waals surface area contributed by atoms with Gasteiger partial charge in [0.1, 0.15) is 0 Å². The lowest BCUT2D eigenvalue weighted by molar-refractivity contribution is -0.376. The molecule has 1 aliphatic heterocycles. The Labute approximate surface area is 151 Å². The Morgan fingerprint density at radius 2 is 1.56 bits per heavy atom. The summed E-state index contributed by atoms with van der Waals surface area (Å²) in [6.45, 7) is 3.44. The standard InChI is InChI=1S/C12H14F6N4O.2ClH/c1-7-4-19-2-3-22(7)9-20-5-8(6-21-9)10(23,11(13,14)15)12(16,17)18;;/h5-7,19,23H,2-4H2,1H3;2*1H/t7-;;/m0../s1. The van der Waals surface area contributed by atoms with E-state index >= 15 is 0 Å². The molecule has 2 N–H and O–H groups in total. The number of nitrogens with one attached hydrogen (secondary N) is 1. The molecule has 1 atom stereocenters. The van der Waals surface area contributed by atoms with Crippen LogP contribution in [0.4, 0.5) is 32.3 Å². The van der Waals surface area contributed by atoms with E-state index in [0.29, 0.717) is 32.0 Å². The monoisotopic (exact) mass is 416 g/mol. The van der Waals surface area contributed by atoms with Crippen LogP contribution in [-0.2, 0) is 5.60 Å². The van der Waals surface area contributed by atoms with E-state index in [1.165, 1.54) is 0 Å². The number of alkyl halides is 6. The van der Waals surface area contributed by atoms with Crippen molar-refractivity contribution in [1.29, 1.82) is 0 Å². The molecule has 1 aliphatic rings. The average molecular weight is 417 g/mol. The third kappa shape index (κ3) is 4.39. The van der Waals surface area contributed by atoms with Crippen LogP contribution in [-0.4, -0.2) is 53.1 Å². The SMILES string of the molecule is C[C@H]1CNCCN1c1ncc(C(O)(C(F)(F)F)C(F)(F)F)cn1.Cl.Cl. The van der Waals surface area contributed by atoms with E-state index in [9.17, 15) is 31.4 Å². The first-order valence-electron chi connectivity index (χ1n) is 6.64. The highest BCUT2D eigenvalue weighted by atomic mass is 35.5. The summed E-state index contributed by atoms with van der Waals surface area (Å²) in [5.41, 5.74) is -6.47. The minimum Gasteiger partial charge on any atom is -0.369 e. The molecule has 25 heavy (non-hydrogen) atoms. The van der Waals surface area contributed by atoms with E-state index in [1.54, 1.807) is 4.90 Å². The molecule has 0 aliphatic carbocycles. The van der Waals surface area contributed by atoms with Crippen molar-refractivity contribution in [2.24, 2.45) is 0 Å². The largest absolute Gasteiger partial charge is 0.430 e. The molecule has 1 fully saturated rings. The third-order valence-corrected chi connectivity index (χ3v) is 3.63. The van der Waals surface area contributed by atoms with E-state index < -0.39 is 23.5 Å². The summed E-state index contributed by atoms with van der Waals surface area (Å²) in [6, 6.07) is -0.0706. The topological polar surface area (TPSA) is 61.3 Å². The molecule has 0 spiro atoms. The van der Waals surface area contributed by atoms with Gasteiger partial charge in [-0.05, 0) is 6.92 Å². The van der Waals surface area contributed by atoms with Gasteiger partial charge in [0.25, 0.3) is 5.60 Å². The minimum absolute atomic E-state index is 0. The zero-order chi connectivity index (χ0) is 17.5. The Morgan fingerprint density at radius 3 is 1.96 bits per heavy atom. The van der Waals surface area contributed by atoms with Gasteiger partial charge in [-0.15, -0.1) is 24.8 Å². The van der Waals surface area contributed by atoms with Crippen molar-refractivity contribution in [3.8, 4) is 0 Å². The Hall–Kier alpha value is -1.04. The highest BCUT2D eigenvalue weighted by molar-refractivity contribution is 5.85. The fourth-order valence-electron chi connectivity index (χ4n) is 2.28. The minimum atomic E-state index is -5.95. The third-order valence-electron chi connectivity index (χ3n) is 3.63. The number of aliphatic hydroxyl groups is 1. The maximum Gasteiger partial charge on any atom is 0.430 e. The lowest BCUT2D eigenvalue weighted by Crippen LogP contribution is -2.54. The van der Waals surface area contributed by atoms with Gasteiger partial charge in [-0.2, -0.15) is 26.3 Å². The number of hydrogen-bond acceptors (Lipinski definition) is 5. The van der Waals surface area contributed by atoms with Crippen molar-refractivity contribution in [1.82, 2.24) is 15.3 Å². The van der Waals surface area contributed by atoms with E-state index in [1.807, 2.05) is 6.92 Å². The van der Waals surface area contributed by atoms with Crippen molar-refractivity contribution in [2.75, 3.05) is 24.5 Å². The van der Waals surface area contributed by atoms with E-state index in [0.717, 1.165) is 0 Å². The Kier molecular flexibility index (Phi) is 7.77. The highest BCUT2D eigenvalue weighted by Crippen LogP contribution is 2.49. The molecular formula is C12H16Cl2F6N4O. The number of halogens is 8. The molecule has 13 heteroatoms. The van der Waals surface area contributed by atoms with E-state index in [-0.39, 0.29) is 36.8 Å². The average Bonchev–Trinajstić information content (AvgIpc) is 2.45. The zero-order valence-electron chi connectivity index (χ0n) is 12.7. The number of rotatable bonds is 2. The second-order valence-electron chi connectivity index (χ2n) is 5.22. The van der Waals surface area contributed by atoms with Crippen LogP contribution in [0.15, 0.2) is 12.4 Å². The molecule has 0 bridgehead atoms. The zero-order valence-corrected chi connectivity index (χ0v) is 14.4. The van der Waals surface area contributed by atoms with E-state index in [2.05, 4.69) is 15.3 Å². The molecule has 0 amide bonds. The normalized spacial score (nSPS) is 19.0. The molecule has 2 rings (SSSR count). The van der Waals surface area contributed by atoms with Gasteiger partial charge in [0.2, 0.25) is 5.95 Å². The Bertz CT molecular complexity index is 540. The first kappa shape index (κ1) is 24.0. The lowest BCUT2D eigenvalue weighted by Gasteiger charge is -2.35. The van der Waals surface area contributed by atoms with Gasteiger partial charge in [-0.3, -0.25) is 0 Å². The second kappa shape index (κ2) is 8.11. The first-order valence-corrected chi connectivity index (χ1v) is 6.64. The van der Waals surface area contributed by atoms with Crippen LogP contribution < -0.4 is 10.2 Å². The molecule has 2 heterocycles. The van der Waals surface area contributed by atoms with Gasteiger partial charge in [-0.25, -0.2) is 9.97 Å². The first-order chi connectivity index (χ1) is 10.5. The molecule has 1 aromatic rings. The Balaban J connectivity index is 0.00000288. The summed E-state index contributed by atoms with van der Waals surface area (Å²) in [5.74, 6) is 0.00875.